The third-order valence-electron chi connectivity index (χ3n) is 3.99. The Morgan fingerprint density at radius 1 is 1.29 bits per heavy atom. The molecule has 0 aliphatic carbocycles. The Labute approximate surface area is 108 Å². The van der Waals surface area contributed by atoms with Crippen LogP contribution < -0.4 is 5.32 Å². The van der Waals surface area contributed by atoms with Gasteiger partial charge in [-0.05, 0) is 51.1 Å². The number of hydrogen-bond donors (Lipinski definition) is 1. The molecule has 0 bridgehead atoms. The van der Waals surface area contributed by atoms with Gasteiger partial charge in [-0.2, -0.15) is 0 Å². The lowest BCUT2D eigenvalue weighted by Crippen LogP contribution is -2.46. The van der Waals surface area contributed by atoms with E-state index in [-0.39, 0.29) is 0 Å². The average Bonchev–Trinajstić information content (AvgIpc) is 2.23. The van der Waals surface area contributed by atoms with E-state index in [4.69, 9.17) is 0 Å². The van der Waals surface area contributed by atoms with Gasteiger partial charge in [-0.1, -0.05) is 27.7 Å². The molecule has 0 aromatic rings. The van der Waals surface area contributed by atoms with Gasteiger partial charge >= 0.3 is 0 Å². The molecule has 0 radical (unpaired) electrons. The second-order valence-electron chi connectivity index (χ2n) is 6.38. The van der Waals surface area contributed by atoms with Crippen molar-refractivity contribution < 1.29 is 0 Å². The van der Waals surface area contributed by atoms with E-state index < -0.39 is 0 Å². The topological polar surface area (TPSA) is 15.3 Å². The summed E-state index contributed by atoms with van der Waals surface area (Å²) in [4.78, 5) is 2.72. The van der Waals surface area contributed by atoms with E-state index in [2.05, 4.69) is 44.8 Å². The van der Waals surface area contributed by atoms with Crippen LogP contribution in [-0.4, -0.2) is 36.6 Å². The normalized spacial score (nSPS) is 30.0. The Balaban J connectivity index is 2.51. The minimum atomic E-state index is 0.728. The second-order valence-corrected chi connectivity index (χ2v) is 6.38. The maximum atomic E-state index is 3.69. The minimum absolute atomic E-state index is 0.728. The zero-order chi connectivity index (χ0) is 12.8. The Morgan fingerprint density at radius 3 is 2.59 bits per heavy atom. The molecule has 1 heterocycles. The summed E-state index contributed by atoms with van der Waals surface area (Å²) in [6.45, 7) is 15.5. The van der Waals surface area contributed by atoms with Crippen LogP contribution in [0.15, 0.2) is 0 Å². The number of hydrogen-bond acceptors (Lipinski definition) is 2. The first-order chi connectivity index (χ1) is 8.02. The van der Waals surface area contributed by atoms with Gasteiger partial charge in [0.15, 0.2) is 0 Å². The molecule has 0 amide bonds. The standard InChI is InChI=1S/C15H32N2/c1-6-15-7-8-17(11-13(4)10-16-15)14(5)9-12(2)3/h12-16H,6-11H2,1-5H3. The number of nitrogens with one attached hydrogen (secondary N) is 1. The largest absolute Gasteiger partial charge is 0.314 e. The minimum Gasteiger partial charge on any atom is -0.314 e. The number of rotatable bonds is 4. The summed E-state index contributed by atoms with van der Waals surface area (Å²) in [5.74, 6) is 1.59. The maximum Gasteiger partial charge on any atom is 0.00767 e. The van der Waals surface area contributed by atoms with Crippen molar-refractivity contribution in [3.8, 4) is 0 Å². The average molecular weight is 240 g/mol. The summed E-state index contributed by atoms with van der Waals surface area (Å²) < 4.78 is 0. The monoisotopic (exact) mass is 240 g/mol. The second kappa shape index (κ2) is 7.38. The van der Waals surface area contributed by atoms with Crippen molar-refractivity contribution in [2.75, 3.05) is 19.6 Å². The van der Waals surface area contributed by atoms with Gasteiger partial charge in [0.25, 0.3) is 0 Å². The van der Waals surface area contributed by atoms with Crippen LogP contribution in [0.4, 0.5) is 0 Å². The smallest absolute Gasteiger partial charge is 0.00767 e. The third kappa shape index (κ3) is 5.39. The molecular formula is C15H32N2. The van der Waals surface area contributed by atoms with Crippen LogP contribution in [0.25, 0.3) is 0 Å². The lowest BCUT2D eigenvalue weighted by atomic mass is 9.99. The highest BCUT2D eigenvalue weighted by atomic mass is 15.2. The first-order valence-electron chi connectivity index (χ1n) is 7.50. The molecule has 0 spiro atoms. The van der Waals surface area contributed by atoms with Crippen LogP contribution in [0.1, 0.15) is 53.9 Å². The zero-order valence-electron chi connectivity index (χ0n) is 12.5. The molecular weight excluding hydrogens is 208 g/mol. The third-order valence-corrected chi connectivity index (χ3v) is 3.99. The Kier molecular flexibility index (Phi) is 6.50. The van der Waals surface area contributed by atoms with Crippen molar-refractivity contribution in [2.24, 2.45) is 11.8 Å². The molecule has 1 rings (SSSR count). The van der Waals surface area contributed by atoms with Crippen molar-refractivity contribution in [3.63, 3.8) is 0 Å². The van der Waals surface area contributed by atoms with Gasteiger partial charge in [0.05, 0.1) is 0 Å². The van der Waals surface area contributed by atoms with Gasteiger partial charge in [0.1, 0.15) is 0 Å². The molecule has 1 N–H and O–H groups in total. The molecule has 17 heavy (non-hydrogen) atoms. The van der Waals surface area contributed by atoms with E-state index in [1.165, 1.54) is 38.9 Å². The van der Waals surface area contributed by atoms with E-state index >= 15 is 0 Å². The van der Waals surface area contributed by atoms with E-state index in [0.717, 1.165) is 23.9 Å². The summed E-state index contributed by atoms with van der Waals surface area (Å²) >= 11 is 0. The van der Waals surface area contributed by atoms with E-state index in [0.29, 0.717) is 0 Å². The van der Waals surface area contributed by atoms with Crippen LogP contribution in [0, 0.1) is 11.8 Å². The van der Waals surface area contributed by atoms with Gasteiger partial charge in [0.2, 0.25) is 0 Å². The van der Waals surface area contributed by atoms with Gasteiger partial charge in [-0.3, -0.25) is 0 Å². The van der Waals surface area contributed by atoms with Crippen LogP contribution in [0.3, 0.4) is 0 Å². The van der Waals surface area contributed by atoms with Crippen molar-refractivity contribution in [1.29, 1.82) is 0 Å². The van der Waals surface area contributed by atoms with Crippen LogP contribution in [0.2, 0.25) is 0 Å². The number of nitrogens with zero attached hydrogens (tertiary/aromatic N) is 1. The highest BCUT2D eigenvalue weighted by molar-refractivity contribution is 4.78. The summed E-state index contributed by atoms with van der Waals surface area (Å²) in [6, 6.07) is 1.47. The van der Waals surface area contributed by atoms with Gasteiger partial charge < -0.3 is 10.2 Å². The fourth-order valence-corrected chi connectivity index (χ4v) is 2.93. The molecule has 2 heteroatoms. The van der Waals surface area contributed by atoms with Crippen molar-refractivity contribution in [1.82, 2.24) is 10.2 Å². The fourth-order valence-electron chi connectivity index (χ4n) is 2.93. The summed E-state index contributed by atoms with van der Waals surface area (Å²) in [5.41, 5.74) is 0. The van der Waals surface area contributed by atoms with Crippen molar-refractivity contribution >= 4 is 0 Å². The fraction of sp³-hybridized carbons (Fsp3) is 1.00. The van der Waals surface area contributed by atoms with Crippen molar-refractivity contribution in [3.05, 3.63) is 0 Å². The summed E-state index contributed by atoms with van der Waals surface area (Å²) in [7, 11) is 0. The molecule has 0 saturated carbocycles. The first kappa shape index (κ1) is 15.0. The van der Waals surface area contributed by atoms with Gasteiger partial charge in [-0.25, -0.2) is 0 Å². The molecule has 2 nitrogen and oxygen atoms in total. The molecule has 1 aliphatic heterocycles. The van der Waals surface area contributed by atoms with E-state index in [1.807, 2.05) is 0 Å². The molecule has 0 aromatic carbocycles. The quantitative estimate of drug-likeness (QED) is 0.812. The zero-order valence-corrected chi connectivity index (χ0v) is 12.5. The lowest BCUT2D eigenvalue weighted by Gasteiger charge is -2.36. The highest BCUT2D eigenvalue weighted by Crippen LogP contribution is 2.16. The SMILES string of the molecule is CCC1CCN(C(C)CC(C)C)CC(C)CN1. The predicted molar refractivity (Wildman–Crippen MR) is 76.4 cm³/mol. The van der Waals surface area contributed by atoms with E-state index in [1.54, 1.807) is 0 Å². The molecule has 1 saturated heterocycles. The Bertz CT molecular complexity index is 203. The Morgan fingerprint density at radius 2 is 2.00 bits per heavy atom. The summed E-state index contributed by atoms with van der Waals surface area (Å²) in [6.07, 6.45) is 3.90. The van der Waals surface area contributed by atoms with Gasteiger partial charge in [0, 0.05) is 18.6 Å². The molecule has 3 unspecified atom stereocenters. The molecule has 3 atom stereocenters. The molecule has 1 fully saturated rings. The molecule has 0 aromatic heterocycles. The molecule has 1 aliphatic rings. The lowest BCUT2D eigenvalue weighted by molar-refractivity contribution is 0.138. The summed E-state index contributed by atoms with van der Waals surface area (Å²) in [5, 5.41) is 3.69. The van der Waals surface area contributed by atoms with Crippen LogP contribution in [-0.2, 0) is 0 Å². The first-order valence-corrected chi connectivity index (χ1v) is 7.50. The Hall–Kier alpha value is -0.0800. The van der Waals surface area contributed by atoms with Gasteiger partial charge in [-0.15, -0.1) is 0 Å². The van der Waals surface area contributed by atoms with Crippen molar-refractivity contribution in [2.45, 2.75) is 66.0 Å². The van der Waals surface area contributed by atoms with Crippen LogP contribution >= 0.6 is 0 Å². The van der Waals surface area contributed by atoms with Crippen LogP contribution in [0.5, 0.6) is 0 Å². The van der Waals surface area contributed by atoms with E-state index in [9.17, 15) is 0 Å². The molecule has 102 valence electrons. The predicted octanol–water partition coefficient (Wildman–Crippen LogP) is 3.13. The highest BCUT2D eigenvalue weighted by Gasteiger charge is 2.21. The maximum absolute atomic E-state index is 3.69.